The van der Waals surface area contributed by atoms with E-state index >= 15 is 0 Å². The van der Waals surface area contributed by atoms with Crippen LogP contribution in [0.2, 0.25) is 0 Å². The molecule has 0 spiro atoms. The predicted octanol–water partition coefficient (Wildman–Crippen LogP) is 3.37. The first-order valence-electron chi connectivity index (χ1n) is 5.83. The maximum absolute atomic E-state index is 11.2. The van der Waals surface area contributed by atoms with E-state index in [1.807, 2.05) is 20.8 Å². The van der Waals surface area contributed by atoms with Crippen LogP contribution in [-0.2, 0) is 15.4 Å². The molecule has 0 amide bonds. The van der Waals surface area contributed by atoms with E-state index in [9.17, 15) is 4.79 Å². The van der Waals surface area contributed by atoms with E-state index in [1.165, 1.54) is 0 Å². The van der Waals surface area contributed by atoms with Gasteiger partial charge in [0.05, 0.1) is 11.2 Å². The molecule has 0 aliphatic heterocycles. The van der Waals surface area contributed by atoms with E-state index in [2.05, 4.69) is 0 Å². The van der Waals surface area contributed by atoms with Crippen molar-refractivity contribution in [2.75, 3.05) is 0 Å². The Balaban J connectivity index is 3.01. The molecule has 0 bridgehead atoms. The number of hydrogen-bond acceptors (Lipinski definition) is 3. The Morgan fingerprint density at radius 1 is 1.06 bits per heavy atom. The summed E-state index contributed by atoms with van der Waals surface area (Å²) in [5.74, 6) is -0.974. The van der Waals surface area contributed by atoms with Gasteiger partial charge < -0.3 is 5.11 Å². The van der Waals surface area contributed by atoms with Gasteiger partial charge in [-0.2, -0.15) is 0 Å². The molecule has 100 valence electrons. The first-order valence-corrected chi connectivity index (χ1v) is 5.83. The summed E-state index contributed by atoms with van der Waals surface area (Å²) in [5, 5.41) is 9.16. The largest absolute Gasteiger partial charge is 0.478 e. The molecule has 1 rings (SSSR count). The van der Waals surface area contributed by atoms with Crippen molar-refractivity contribution < 1.29 is 19.7 Å². The maximum Gasteiger partial charge on any atom is 0.336 e. The SMILES string of the molecule is CC(C)(C)OOC(C)(C)c1ccccc1C(=O)O. The zero-order chi connectivity index (χ0) is 14.0. The molecule has 1 aromatic rings. The van der Waals surface area contributed by atoms with Crippen molar-refractivity contribution in [2.45, 2.75) is 45.8 Å². The molecule has 4 heteroatoms. The molecule has 0 saturated carbocycles. The Labute approximate surface area is 107 Å². The van der Waals surface area contributed by atoms with Gasteiger partial charge in [0.15, 0.2) is 0 Å². The minimum Gasteiger partial charge on any atom is -0.478 e. The standard InChI is InChI=1S/C14H20O4/c1-13(2,3)17-18-14(4,5)11-9-7-6-8-10(11)12(15)16/h6-9H,1-5H3,(H,15,16). The number of carbonyl (C=O) groups is 1. The van der Waals surface area contributed by atoms with Gasteiger partial charge in [-0.25, -0.2) is 14.6 Å². The van der Waals surface area contributed by atoms with Crippen LogP contribution in [0.5, 0.6) is 0 Å². The molecule has 0 atom stereocenters. The molecule has 1 aromatic carbocycles. The van der Waals surface area contributed by atoms with Crippen molar-refractivity contribution in [1.82, 2.24) is 0 Å². The Bertz CT molecular complexity index is 430. The Hall–Kier alpha value is -1.39. The van der Waals surface area contributed by atoms with Gasteiger partial charge in [-0.15, -0.1) is 0 Å². The summed E-state index contributed by atoms with van der Waals surface area (Å²) >= 11 is 0. The number of carboxylic acids is 1. The molecule has 0 radical (unpaired) electrons. The quantitative estimate of drug-likeness (QED) is 0.659. The van der Waals surface area contributed by atoms with Gasteiger partial charge in [0, 0.05) is 5.56 Å². The third-order valence-corrected chi connectivity index (χ3v) is 2.31. The van der Waals surface area contributed by atoms with E-state index in [1.54, 1.807) is 38.1 Å². The molecule has 0 heterocycles. The van der Waals surface area contributed by atoms with Crippen molar-refractivity contribution in [2.24, 2.45) is 0 Å². The summed E-state index contributed by atoms with van der Waals surface area (Å²) in [6.07, 6.45) is 0. The molecule has 0 fully saturated rings. The summed E-state index contributed by atoms with van der Waals surface area (Å²) in [6.45, 7) is 9.16. The van der Waals surface area contributed by atoms with E-state index in [0.29, 0.717) is 5.56 Å². The smallest absolute Gasteiger partial charge is 0.336 e. The Morgan fingerprint density at radius 3 is 2.11 bits per heavy atom. The third kappa shape index (κ3) is 3.82. The van der Waals surface area contributed by atoms with Crippen LogP contribution in [0.25, 0.3) is 0 Å². The molecular weight excluding hydrogens is 232 g/mol. The number of carboxylic acid groups (broad SMARTS) is 1. The molecule has 1 N–H and O–H groups in total. The van der Waals surface area contributed by atoms with Crippen LogP contribution >= 0.6 is 0 Å². The van der Waals surface area contributed by atoms with E-state index in [-0.39, 0.29) is 5.56 Å². The van der Waals surface area contributed by atoms with Gasteiger partial charge >= 0.3 is 5.97 Å². The lowest BCUT2D eigenvalue weighted by Crippen LogP contribution is -2.30. The second-order valence-corrected chi connectivity index (χ2v) is 5.64. The second-order valence-electron chi connectivity index (χ2n) is 5.64. The molecule has 18 heavy (non-hydrogen) atoms. The van der Waals surface area contributed by atoms with Crippen LogP contribution in [0.4, 0.5) is 0 Å². The van der Waals surface area contributed by atoms with Crippen LogP contribution in [0.1, 0.15) is 50.5 Å². The highest BCUT2D eigenvalue weighted by molar-refractivity contribution is 5.89. The zero-order valence-corrected chi connectivity index (χ0v) is 11.5. The highest BCUT2D eigenvalue weighted by Gasteiger charge is 2.29. The van der Waals surface area contributed by atoms with Crippen molar-refractivity contribution in [3.8, 4) is 0 Å². The highest BCUT2D eigenvalue weighted by Crippen LogP contribution is 2.29. The van der Waals surface area contributed by atoms with Gasteiger partial charge in [0.1, 0.15) is 5.60 Å². The van der Waals surface area contributed by atoms with E-state index in [4.69, 9.17) is 14.9 Å². The van der Waals surface area contributed by atoms with Crippen LogP contribution in [0.3, 0.4) is 0 Å². The van der Waals surface area contributed by atoms with E-state index in [0.717, 1.165) is 0 Å². The maximum atomic E-state index is 11.2. The predicted molar refractivity (Wildman–Crippen MR) is 68.4 cm³/mol. The fourth-order valence-corrected chi connectivity index (χ4v) is 1.47. The minimum atomic E-state index is -0.974. The highest BCUT2D eigenvalue weighted by atomic mass is 17.2. The Kier molecular flexibility index (Phi) is 4.14. The Morgan fingerprint density at radius 2 is 1.61 bits per heavy atom. The number of rotatable bonds is 4. The molecule has 4 nitrogen and oxygen atoms in total. The first kappa shape index (κ1) is 14.7. The van der Waals surface area contributed by atoms with E-state index < -0.39 is 17.2 Å². The summed E-state index contributed by atoms with van der Waals surface area (Å²) in [7, 11) is 0. The fraction of sp³-hybridized carbons (Fsp3) is 0.500. The van der Waals surface area contributed by atoms with Gasteiger partial charge in [-0.05, 0) is 40.7 Å². The molecule has 0 aromatic heterocycles. The lowest BCUT2D eigenvalue weighted by molar-refractivity contribution is -0.401. The number of hydrogen-bond donors (Lipinski definition) is 1. The first-order chi connectivity index (χ1) is 8.13. The van der Waals surface area contributed by atoms with Crippen LogP contribution < -0.4 is 0 Å². The van der Waals surface area contributed by atoms with Gasteiger partial charge in [0.2, 0.25) is 0 Å². The fourth-order valence-electron chi connectivity index (χ4n) is 1.47. The minimum absolute atomic E-state index is 0.222. The van der Waals surface area contributed by atoms with Crippen molar-refractivity contribution >= 4 is 5.97 Å². The molecule has 0 aliphatic carbocycles. The molecule has 0 saturated heterocycles. The lowest BCUT2D eigenvalue weighted by Gasteiger charge is -2.29. The van der Waals surface area contributed by atoms with Gasteiger partial charge in [-0.1, -0.05) is 18.2 Å². The van der Waals surface area contributed by atoms with Crippen molar-refractivity contribution in [3.05, 3.63) is 35.4 Å². The second kappa shape index (κ2) is 5.08. The van der Waals surface area contributed by atoms with Crippen molar-refractivity contribution in [3.63, 3.8) is 0 Å². The summed E-state index contributed by atoms with van der Waals surface area (Å²) in [6, 6.07) is 6.76. The zero-order valence-electron chi connectivity index (χ0n) is 11.5. The van der Waals surface area contributed by atoms with Gasteiger partial charge in [-0.3, -0.25) is 0 Å². The topological polar surface area (TPSA) is 55.8 Å². The average molecular weight is 252 g/mol. The normalized spacial score (nSPS) is 12.5. The summed E-state index contributed by atoms with van der Waals surface area (Å²) in [5.41, 5.74) is -0.473. The molecule has 0 aliphatic rings. The van der Waals surface area contributed by atoms with Crippen LogP contribution in [-0.4, -0.2) is 16.7 Å². The van der Waals surface area contributed by atoms with Crippen LogP contribution in [0.15, 0.2) is 24.3 Å². The third-order valence-electron chi connectivity index (χ3n) is 2.31. The van der Waals surface area contributed by atoms with Crippen LogP contribution in [0, 0.1) is 0 Å². The summed E-state index contributed by atoms with van der Waals surface area (Å²) in [4.78, 5) is 21.9. The lowest BCUT2D eigenvalue weighted by atomic mass is 9.93. The number of benzene rings is 1. The van der Waals surface area contributed by atoms with Gasteiger partial charge in [0.25, 0.3) is 0 Å². The summed E-state index contributed by atoms with van der Waals surface area (Å²) < 4.78 is 0. The average Bonchev–Trinajstić information content (AvgIpc) is 2.26. The monoisotopic (exact) mass is 252 g/mol. The number of aromatic carboxylic acids is 1. The molecular formula is C14H20O4. The van der Waals surface area contributed by atoms with Crippen molar-refractivity contribution in [1.29, 1.82) is 0 Å². The molecule has 0 unspecified atom stereocenters.